The molecule has 0 unspecified atom stereocenters. The molecule has 36 heavy (non-hydrogen) atoms. The molecule has 10 heteroatoms. The molecule has 3 amide bonds. The van der Waals surface area contributed by atoms with Crippen LogP contribution in [0.25, 0.3) is 0 Å². The molecule has 0 spiro atoms. The van der Waals surface area contributed by atoms with Crippen LogP contribution in [0.1, 0.15) is 33.8 Å². The average molecular weight is 508 g/mol. The molecule has 1 heterocycles. The van der Waals surface area contributed by atoms with E-state index < -0.39 is 17.9 Å². The Labute approximate surface area is 214 Å². The number of thiophene rings is 1. The van der Waals surface area contributed by atoms with Crippen LogP contribution in [0.5, 0.6) is 0 Å². The number of benzene rings is 2. The maximum absolute atomic E-state index is 12.2. The summed E-state index contributed by atoms with van der Waals surface area (Å²) in [4.78, 5) is 36.9. The molecular weight excluding hydrogens is 478 g/mol. The highest BCUT2D eigenvalue weighted by Crippen LogP contribution is 2.10. The third kappa shape index (κ3) is 8.65. The lowest BCUT2D eigenvalue weighted by Gasteiger charge is -2.14. The lowest BCUT2D eigenvalue weighted by atomic mass is 10.1. The fourth-order valence-corrected chi connectivity index (χ4v) is 3.63. The van der Waals surface area contributed by atoms with Crippen molar-refractivity contribution < 1.29 is 19.6 Å². The van der Waals surface area contributed by atoms with Crippen LogP contribution in [0.4, 0.5) is 5.69 Å². The Kier molecular flexibility index (Phi) is 11.3. The van der Waals surface area contributed by atoms with Crippen LogP contribution in [-0.4, -0.2) is 42.1 Å². The summed E-state index contributed by atoms with van der Waals surface area (Å²) in [7, 11) is 0. The highest BCUT2D eigenvalue weighted by atomic mass is 32.1. The van der Waals surface area contributed by atoms with Crippen molar-refractivity contribution in [2.24, 2.45) is 5.73 Å². The van der Waals surface area contributed by atoms with Gasteiger partial charge in [0.1, 0.15) is 6.04 Å². The molecule has 0 saturated carbocycles. The molecule has 0 saturated heterocycles. The van der Waals surface area contributed by atoms with Crippen LogP contribution in [0.2, 0.25) is 0 Å². The van der Waals surface area contributed by atoms with Crippen molar-refractivity contribution in [1.82, 2.24) is 16.1 Å². The monoisotopic (exact) mass is 507 g/mol. The van der Waals surface area contributed by atoms with Gasteiger partial charge in [-0.1, -0.05) is 25.3 Å². The minimum atomic E-state index is -1.04. The number of hydrogen-bond acceptors (Lipinski definition) is 7. The Bertz CT molecular complexity index is 1200. The first kappa shape index (κ1) is 28.2. The largest absolute Gasteiger partial charge is 0.339 e. The fraction of sp³-hybridized carbons (Fsp3) is 0.192. The second-order valence-electron chi connectivity index (χ2n) is 7.37. The second kappa shape index (κ2) is 14.4. The van der Waals surface area contributed by atoms with Crippen molar-refractivity contribution in [2.45, 2.75) is 20.0 Å². The van der Waals surface area contributed by atoms with Gasteiger partial charge in [0.2, 0.25) is 5.91 Å². The summed E-state index contributed by atoms with van der Waals surface area (Å²) < 4.78 is 0. The summed E-state index contributed by atoms with van der Waals surface area (Å²) in [6, 6.07) is 16.7. The van der Waals surface area contributed by atoms with Gasteiger partial charge in [0.15, 0.2) is 0 Å². The predicted octanol–water partition coefficient (Wildman–Crippen LogP) is 2.07. The lowest BCUT2D eigenvalue weighted by Crippen LogP contribution is -2.50. The van der Waals surface area contributed by atoms with Crippen LogP contribution in [0.15, 0.2) is 66.0 Å². The highest BCUT2D eigenvalue weighted by molar-refractivity contribution is 7.09. The van der Waals surface area contributed by atoms with Crippen LogP contribution in [-0.2, 0) is 16.1 Å². The zero-order valence-electron chi connectivity index (χ0n) is 18.7. The third-order valence-electron chi connectivity index (χ3n) is 4.80. The molecule has 9 nitrogen and oxygen atoms in total. The van der Waals surface area contributed by atoms with Gasteiger partial charge in [-0.3, -0.25) is 19.6 Å². The van der Waals surface area contributed by atoms with Crippen LogP contribution in [0, 0.1) is 11.8 Å². The molecular formula is C26H29N5O4S. The summed E-state index contributed by atoms with van der Waals surface area (Å²) >= 11 is 1.64. The van der Waals surface area contributed by atoms with Gasteiger partial charge < -0.3 is 21.7 Å². The van der Waals surface area contributed by atoms with E-state index in [1.807, 2.05) is 29.6 Å². The minimum Gasteiger partial charge on any atom is -0.339 e. The van der Waals surface area contributed by atoms with Crippen molar-refractivity contribution in [3.05, 3.63) is 87.6 Å². The Morgan fingerprint density at radius 2 is 1.61 bits per heavy atom. The van der Waals surface area contributed by atoms with Gasteiger partial charge in [-0.2, -0.15) is 0 Å². The van der Waals surface area contributed by atoms with Gasteiger partial charge in [0, 0.05) is 40.3 Å². The maximum atomic E-state index is 12.2. The van der Waals surface area contributed by atoms with E-state index in [1.165, 1.54) is 10.4 Å². The lowest BCUT2D eigenvalue weighted by molar-refractivity contribution is -0.130. The number of nitrogens with one attached hydrogen (secondary N) is 4. The van der Waals surface area contributed by atoms with E-state index in [-0.39, 0.29) is 26.4 Å². The van der Waals surface area contributed by atoms with Crippen molar-refractivity contribution in [3.63, 3.8) is 0 Å². The quantitative estimate of drug-likeness (QED) is 0.149. The second-order valence-corrected chi connectivity index (χ2v) is 8.41. The molecule has 188 valence electrons. The Morgan fingerprint density at radius 1 is 0.972 bits per heavy atom. The van der Waals surface area contributed by atoms with Crippen molar-refractivity contribution in [1.29, 1.82) is 0 Å². The molecule has 0 radical (unpaired) electrons. The summed E-state index contributed by atoms with van der Waals surface area (Å²) in [6.45, 7) is 0.714. The Balaban J connectivity index is 0.00000456. The number of amides is 3. The third-order valence-corrected chi connectivity index (χ3v) is 5.68. The SMILES string of the molecule is C.NC[C@H](NC(=O)c1ccc(C#Cc2ccc(NC(=O)CNCc3cccs3)cc2)cc1)C(=O)NO. The topological polar surface area (TPSA) is 146 Å². The number of carbonyl (C=O) groups is 3. The zero-order valence-corrected chi connectivity index (χ0v) is 19.5. The van der Waals surface area contributed by atoms with E-state index in [0.29, 0.717) is 23.4 Å². The van der Waals surface area contributed by atoms with Gasteiger partial charge in [-0.05, 0) is 60.0 Å². The van der Waals surface area contributed by atoms with E-state index >= 15 is 0 Å². The van der Waals surface area contributed by atoms with Gasteiger partial charge in [0.05, 0.1) is 6.54 Å². The van der Waals surface area contributed by atoms with Crippen molar-refractivity contribution in [3.8, 4) is 11.8 Å². The molecule has 0 aliphatic heterocycles. The maximum Gasteiger partial charge on any atom is 0.267 e. The smallest absolute Gasteiger partial charge is 0.267 e. The van der Waals surface area contributed by atoms with Crippen molar-refractivity contribution >= 4 is 34.7 Å². The van der Waals surface area contributed by atoms with E-state index in [1.54, 1.807) is 47.7 Å². The molecule has 1 aromatic heterocycles. The molecule has 2 aromatic carbocycles. The molecule has 7 N–H and O–H groups in total. The summed E-state index contributed by atoms with van der Waals surface area (Å²) in [5.74, 6) is 4.63. The van der Waals surface area contributed by atoms with Crippen LogP contribution < -0.4 is 27.2 Å². The highest BCUT2D eigenvalue weighted by Gasteiger charge is 2.19. The molecule has 0 aliphatic carbocycles. The molecule has 0 bridgehead atoms. The molecule has 3 rings (SSSR count). The number of hydroxylamine groups is 1. The zero-order chi connectivity index (χ0) is 25.0. The molecule has 1 atom stereocenters. The van der Waals surface area contributed by atoms with Gasteiger partial charge >= 0.3 is 0 Å². The summed E-state index contributed by atoms with van der Waals surface area (Å²) in [6.07, 6.45) is 0. The summed E-state index contributed by atoms with van der Waals surface area (Å²) in [5, 5.41) is 19.1. The first-order valence-corrected chi connectivity index (χ1v) is 11.6. The number of carbonyl (C=O) groups excluding carboxylic acids is 3. The number of rotatable bonds is 9. The first-order valence-electron chi connectivity index (χ1n) is 10.7. The number of anilines is 1. The van der Waals surface area contributed by atoms with E-state index in [0.717, 1.165) is 5.56 Å². The van der Waals surface area contributed by atoms with Gasteiger partial charge in [-0.15, -0.1) is 11.3 Å². The van der Waals surface area contributed by atoms with Crippen LogP contribution in [0.3, 0.4) is 0 Å². The number of hydrogen-bond donors (Lipinski definition) is 6. The van der Waals surface area contributed by atoms with E-state index in [2.05, 4.69) is 27.8 Å². The van der Waals surface area contributed by atoms with Crippen molar-refractivity contribution in [2.75, 3.05) is 18.4 Å². The van der Waals surface area contributed by atoms with Gasteiger partial charge in [0.25, 0.3) is 11.8 Å². The molecule has 3 aromatic rings. The normalized spacial score (nSPS) is 10.7. The average Bonchev–Trinajstić information content (AvgIpc) is 3.40. The summed E-state index contributed by atoms with van der Waals surface area (Å²) in [5.41, 5.74) is 9.36. The Morgan fingerprint density at radius 3 is 2.17 bits per heavy atom. The standard InChI is InChI=1S/C25H25N5O4S.CH4/c26-14-22(25(33)30-34)29-24(32)19-9-5-17(6-10-19)3-4-18-7-11-20(12-8-18)28-23(31)16-27-15-21-2-1-13-35-21;/h1-2,5-13,22,27,34H,14-16,26H2,(H,28,31)(H,29,32)(H,30,33);1H4/t22-;/m0./s1. The fourth-order valence-electron chi connectivity index (χ4n) is 2.95. The molecule has 0 fully saturated rings. The first-order chi connectivity index (χ1) is 17.0. The molecule has 0 aliphatic rings. The van der Waals surface area contributed by atoms with Gasteiger partial charge in [-0.25, -0.2) is 5.48 Å². The Hall–Kier alpha value is -4.01. The number of nitrogens with two attached hydrogens (primary N) is 1. The van der Waals surface area contributed by atoms with Crippen LogP contribution >= 0.6 is 11.3 Å². The predicted molar refractivity (Wildman–Crippen MR) is 140 cm³/mol. The van der Waals surface area contributed by atoms with E-state index in [9.17, 15) is 14.4 Å². The minimum absolute atomic E-state index is 0. The van der Waals surface area contributed by atoms with E-state index in [4.69, 9.17) is 10.9 Å².